The maximum Gasteiger partial charge on any atom is 0.335 e. The summed E-state index contributed by atoms with van der Waals surface area (Å²) in [4.78, 5) is 23.4. The molecule has 0 saturated heterocycles. The van der Waals surface area contributed by atoms with Gasteiger partial charge in [0.05, 0.1) is 30.5 Å². The zero-order valence-corrected chi connectivity index (χ0v) is 15.4. The normalized spacial score (nSPS) is 9.96. The summed E-state index contributed by atoms with van der Waals surface area (Å²) in [7, 11) is 2.90. The van der Waals surface area contributed by atoms with E-state index >= 15 is 0 Å². The van der Waals surface area contributed by atoms with Crippen molar-refractivity contribution < 1.29 is 24.2 Å². The number of anilines is 1. The number of carbonyl (C=O) groups is 2. The third kappa shape index (κ3) is 4.62. The minimum atomic E-state index is -1.10. The minimum Gasteiger partial charge on any atom is -0.495 e. The fourth-order valence-electron chi connectivity index (χ4n) is 2.08. The molecular weight excluding hydrogens is 380 g/mol. The third-order valence-corrected chi connectivity index (χ3v) is 3.84. The Morgan fingerprint density at radius 2 is 1.65 bits per heavy atom. The molecule has 3 N–H and O–H groups in total. The number of carbonyl (C=O) groups excluding carboxylic acids is 1. The first-order chi connectivity index (χ1) is 12.3. The maximum atomic E-state index is 12.3. The Labute approximate surface area is 159 Å². The number of amides is 1. The number of carboxylic acids is 1. The molecule has 0 fully saturated rings. The number of halogens is 1. The van der Waals surface area contributed by atoms with Crippen LogP contribution < -0.4 is 20.1 Å². The zero-order valence-electron chi connectivity index (χ0n) is 13.8. The Morgan fingerprint density at radius 3 is 2.23 bits per heavy atom. The van der Waals surface area contributed by atoms with E-state index in [9.17, 15) is 9.59 Å². The summed E-state index contributed by atoms with van der Waals surface area (Å²) < 4.78 is 10.2. The lowest BCUT2D eigenvalue weighted by atomic mass is 10.2. The number of hydrogen-bond donors (Lipinski definition) is 3. The van der Waals surface area contributed by atoms with E-state index in [1.165, 1.54) is 44.6 Å². The number of carboxylic acid groups (broad SMARTS) is 1. The standard InChI is InChI=1S/C17H15ClN2O5S/c1-24-13-5-3-9(7-11(13)18)15(21)20-17(26)19-12-8-10(16(22)23)4-6-14(12)25-2/h3-8H,1-2H3,(H,22,23)(H2,19,20,21,26). The molecule has 2 aromatic carbocycles. The molecule has 2 rings (SSSR count). The van der Waals surface area contributed by atoms with Crippen molar-refractivity contribution in [3.05, 3.63) is 52.5 Å². The highest BCUT2D eigenvalue weighted by atomic mass is 35.5. The topological polar surface area (TPSA) is 96.9 Å². The largest absolute Gasteiger partial charge is 0.495 e. The molecule has 0 aromatic heterocycles. The monoisotopic (exact) mass is 394 g/mol. The van der Waals surface area contributed by atoms with Crippen LogP contribution in [0.1, 0.15) is 20.7 Å². The second-order valence-corrected chi connectivity index (χ2v) is 5.79. The van der Waals surface area contributed by atoms with Crippen molar-refractivity contribution in [1.29, 1.82) is 0 Å². The summed E-state index contributed by atoms with van der Waals surface area (Å²) in [5.41, 5.74) is 0.640. The lowest BCUT2D eigenvalue weighted by Gasteiger charge is -2.13. The maximum absolute atomic E-state index is 12.3. The molecule has 0 unspecified atom stereocenters. The number of nitrogens with one attached hydrogen (secondary N) is 2. The van der Waals surface area contributed by atoms with Crippen molar-refractivity contribution in [3.63, 3.8) is 0 Å². The Balaban J connectivity index is 2.13. The Hall–Kier alpha value is -2.84. The van der Waals surface area contributed by atoms with E-state index in [-0.39, 0.29) is 21.3 Å². The van der Waals surface area contributed by atoms with E-state index in [1.807, 2.05) is 0 Å². The molecule has 9 heteroatoms. The van der Waals surface area contributed by atoms with Crippen molar-refractivity contribution in [1.82, 2.24) is 5.32 Å². The molecule has 0 aliphatic carbocycles. The van der Waals surface area contributed by atoms with E-state index < -0.39 is 11.9 Å². The number of benzene rings is 2. The highest BCUT2D eigenvalue weighted by Crippen LogP contribution is 2.26. The first kappa shape index (κ1) is 19.5. The van der Waals surface area contributed by atoms with Crippen LogP contribution in [-0.4, -0.2) is 36.3 Å². The van der Waals surface area contributed by atoms with Crippen molar-refractivity contribution in [2.75, 3.05) is 19.5 Å². The van der Waals surface area contributed by atoms with Gasteiger partial charge in [-0.25, -0.2) is 4.79 Å². The molecule has 0 spiro atoms. The molecule has 1 amide bonds. The fraction of sp³-hybridized carbons (Fsp3) is 0.118. The van der Waals surface area contributed by atoms with Gasteiger partial charge < -0.3 is 19.9 Å². The van der Waals surface area contributed by atoms with E-state index in [1.54, 1.807) is 6.07 Å². The predicted molar refractivity (Wildman–Crippen MR) is 102 cm³/mol. The SMILES string of the molecule is COc1ccc(C(=O)NC(=S)Nc2cc(C(=O)O)ccc2OC)cc1Cl. The molecule has 0 bridgehead atoms. The summed E-state index contributed by atoms with van der Waals surface area (Å²) in [6.45, 7) is 0. The van der Waals surface area contributed by atoms with Crippen LogP contribution in [0.5, 0.6) is 11.5 Å². The van der Waals surface area contributed by atoms with Crippen molar-refractivity contribution >= 4 is 46.5 Å². The van der Waals surface area contributed by atoms with Crippen LogP contribution in [0.2, 0.25) is 5.02 Å². The van der Waals surface area contributed by atoms with Gasteiger partial charge in [0, 0.05) is 5.56 Å². The second-order valence-electron chi connectivity index (χ2n) is 4.98. The lowest BCUT2D eigenvalue weighted by molar-refractivity contribution is 0.0696. The predicted octanol–water partition coefficient (Wildman–Crippen LogP) is 3.18. The van der Waals surface area contributed by atoms with Crippen LogP contribution in [0.25, 0.3) is 0 Å². The lowest BCUT2D eigenvalue weighted by Crippen LogP contribution is -2.34. The first-order valence-electron chi connectivity index (χ1n) is 7.23. The van der Waals surface area contributed by atoms with Gasteiger partial charge in [0.2, 0.25) is 0 Å². The summed E-state index contributed by atoms with van der Waals surface area (Å²) in [5, 5.41) is 14.6. The fourth-order valence-corrected chi connectivity index (χ4v) is 2.54. The van der Waals surface area contributed by atoms with Crippen LogP contribution in [0.15, 0.2) is 36.4 Å². The molecule has 2 aromatic rings. The number of ether oxygens (including phenoxy) is 2. The Bertz CT molecular complexity index is 872. The average Bonchev–Trinajstić information content (AvgIpc) is 2.61. The molecular formula is C17H15ClN2O5S. The summed E-state index contributed by atoms with van der Waals surface area (Å²) >= 11 is 11.1. The van der Waals surface area contributed by atoms with Crippen LogP contribution in [0.3, 0.4) is 0 Å². The number of aromatic carboxylic acids is 1. The summed E-state index contributed by atoms with van der Waals surface area (Å²) in [5.74, 6) is -0.767. The van der Waals surface area contributed by atoms with Gasteiger partial charge in [0.1, 0.15) is 11.5 Å². The van der Waals surface area contributed by atoms with E-state index in [4.69, 9.17) is 38.4 Å². The number of rotatable bonds is 5. The molecule has 0 atom stereocenters. The van der Waals surface area contributed by atoms with E-state index in [0.717, 1.165) is 0 Å². The summed E-state index contributed by atoms with van der Waals surface area (Å²) in [6.07, 6.45) is 0. The Kier molecular flexibility index (Phi) is 6.37. The molecule has 136 valence electrons. The number of hydrogen-bond acceptors (Lipinski definition) is 5. The minimum absolute atomic E-state index is 0.0252. The highest BCUT2D eigenvalue weighted by Gasteiger charge is 2.13. The average molecular weight is 395 g/mol. The van der Waals surface area contributed by atoms with Gasteiger partial charge in [-0.15, -0.1) is 0 Å². The van der Waals surface area contributed by atoms with Crippen LogP contribution >= 0.6 is 23.8 Å². The third-order valence-electron chi connectivity index (χ3n) is 3.34. The van der Waals surface area contributed by atoms with Gasteiger partial charge >= 0.3 is 5.97 Å². The van der Waals surface area contributed by atoms with E-state index in [0.29, 0.717) is 17.2 Å². The Morgan fingerprint density at radius 1 is 1.04 bits per heavy atom. The number of thiocarbonyl (C=S) groups is 1. The second kappa shape index (κ2) is 8.50. The first-order valence-corrected chi connectivity index (χ1v) is 8.01. The quantitative estimate of drug-likeness (QED) is 0.670. The van der Waals surface area contributed by atoms with Gasteiger partial charge in [0.25, 0.3) is 5.91 Å². The van der Waals surface area contributed by atoms with Gasteiger partial charge in [-0.05, 0) is 48.6 Å². The highest BCUT2D eigenvalue weighted by molar-refractivity contribution is 7.80. The van der Waals surface area contributed by atoms with Gasteiger partial charge in [-0.3, -0.25) is 10.1 Å². The van der Waals surface area contributed by atoms with E-state index in [2.05, 4.69) is 10.6 Å². The van der Waals surface area contributed by atoms with Crippen LogP contribution in [0.4, 0.5) is 5.69 Å². The zero-order chi connectivity index (χ0) is 19.3. The molecule has 0 aliphatic heterocycles. The number of methoxy groups -OCH3 is 2. The van der Waals surface area contributed by atoms with Crippen LogP contribution in [-0.2, 0) is 0 Å². The molecule has 0 radical (unpaired) electrons. The van der Waals surface area contributed by atoms with Crippen LogP contribution in [0, 0.1) is 0 Å². The summed E-state index contributed by atoms with van der Waals surface area (Å²) in [6, 6.07) is 8.78. The van der Waals surface area contributed by atoms with Gasteiger partial charge in [-0.1, -0.05) is 11.6 Å². The van der Waals surface area contributed by atoms with Gasteiger partial charge in [-0.2, -0.15) is 0 Å². The molecule has 0 aliphatic rings. The van der Waals surface area contributed by atoms with Crippen molar-refractivity contribution in [2.45, 2.75) is 0 Å². The molecule has 0 saturated carbocycles. The molecule has 0 heterocycles. The van der Waals surface area contributed by atoms with Gasteiger partial charge in [0.15, 0.2) is 5.11 Å². The molecule has 7 nitrogen and oxygen atoms in total. The van der Waals surface area contributed by atoms with Crippen molar-refractivity contribution in [2.24, 2.45) is 0 Å². The smallest absolute Gasteiger partial charge is 0.335 e. The molecule has 26 heavy (non-hydrogen) atoms. The van der Waals surface area contributed by atoms with Crippen molar-refractivity contribution in [3.8, 4) is 11.5 Å².